The number of benzene rings is 3. The van der Waals surface area contributed by atoms with Gasteiger partial charge in [-0.25, -0.2) is 5.43 Å². The van der Waals surface area contributed by atoms with E-state index >= 15 is 0 Å². The lowest BCUT2D eigenvalue weighted by Crippen LogP contribution is -2.38. The van der Waals surface area contributed by atoms with Crippen molar-refractivity contribution in [3.8, 4) is 5.75 Å². The van der Waals surface area contributed by atoms with E-state index in [2.05, 4.69) is 26.0 Å². The van der Waals surface area contributed by atoms with E-state index in [1.165, 1.54) is 13.3 Å². The lowest BCUT2D eigenvalue weighted by molar-refractivity contribution is 0.0975. The number of carbonyl (C=O) groups excluding carboxylic acids is 1. The zero-order valence-electron chi connectivity index (χ0n) is 17.0. The molecule has 0 saturated carbocycles. The second-order valence-corrected chi connectivity index (χ2v) is 7.23. The number of guanidine groups is 1. The van der Waals surface area contributed by atoms with Crippen molar-refractivity contribution in [1.82, 2.24) is 10.7 Å². The van der Waals surface area contributed by atoms with Gasteiger partial charge >= 0.3 is 0 Å². The number of nitrogens with zero attached hydrogens (tertiary/aromatic N) is 3. The van der Waals surface area contributed by atoms with Crippen molar-refractivity contribution in [2.45, 2.75) is 0 Å². The number of carbonyl (C=O) groups is 1. The first-order valence-corrected chi connectivity index (χ1v) is 10.2. The van der Waals surface area contributed by atoms with Crippen LogP contribution in [0, 0.1) is 0 Å². The predicted octanol–water partition coefficient (Wildman–Crippen LogP) is 4.75. The topological polar surface area (TPSA) is 87.4 Å². The Bertz CT molecular complexity index is 1140. The van der Waals surface area contributed by atoms with Gasteiger partial charge in [-0.2, -0.15) is 10.2 Å². The number of hydrogen-bond acceptors (Lipinski definition) is 5. The van der Waals surface area contributed by atoms with E-state index < -0.39 is 5.91 Å². The van der Waals surface area contributed by atoms with Gasteiger partial charge in [0.15, 0.2) is 0 Å². The number of ether oxygens (including phenoxy) is 1. The summed E-state index contributed by atoms with van der Waals surface area (Å²) in [4.78, 5) is 12.6. The quantitative estimate of drug-likeness (QED) is 0.311. The third-order valence-electron chi connectivity index (χ3n) is 4.05. The second kappa shape index (κ2) is 11.6. The zero-order chi connectivity index (χ0) is 22.8. The van der Waals surface area contributed by atoms with Crippen LogP contribution in [0.15, 0.2) is 88.1 Å². The SMILES string of the molecule is COc1cccc(C(=O)NC(=NN=Cc2ccc(Cl)cc2)NN=Cc2ccc(Cl)cc2)c1. The molecule has 1 amide bonds. The second-order valence-electron chi connectivity index (χ2n) is 6.35. The van der Waals surface area contributed by atoms with Gasteiger partial charge in [0.25, 0.3) is 5.91 Å². The predicted molar refractivity (Wildman–Crippen MR) is 129 cm³/mol. The Morgan fingerprint density at radius 1 is 0.906 bits per heavy atom. The summed E-state index contributed by atoms with van der Waals surface area (Å²) in [6.07, 6.45) is 3.09. The maximum Gasteiger partial charge on any atom is 0.258 e. The molecule has 2 N–H and O–H groups in total. The Hall–Kier alpha value is -3.68. The van der Waals surface area contributed by atoms with E-state index in [1.54, 1.807) is 79.0 Å². The molecule has 0 aliphatic heterocycles. The van der Waals surface area contributed by atoms with Crippen LogP contribution in [0.2, 0.25) is 10.0 Å². The van der Waals surface area contributed by atoms with Gasteiger partial charge in [0.05, 0.1) is 19.5 Å². The number of rotatable bonds is 6. The third-order valence-corrected chi connectivity index (χ3v) is 4.56. The van der Waals surface area contributed by atoms with Crippen LogP contribution in [-0.4, -0.2) is 31.4 Å². The minimum Gasteiger partial charge on any atom is -0.497 e. The molecule has 9 heteroatoms. The molecule has 7 nitrogen and oxygen atoms in total. The Morgan fingerprint density at radius 2 is 1.53 bits per heavy atom. The molecule has 0 aliphatic rings. The molecule has 162 valence electrons. The fourth-order valence-corrected chi connectivity index (χ4v) is 2.69. The van der Waals surface area contributed by atoms with Crippen molar-refractivity contribution in [3.05, 3.63) is 99.5 Å². The van der Waals surface area contributed by atoms with Crippen molar-refractivity contribution in [3.63, 3.8) is 0 Å². The molecule has 0 unspecified atom stereocenters. The number of amides is 1. The van der Waals surface area contributed by atoms with Crippen molar-refractivity contribution in [2.75, 3.05) is 7.11 Å². The smallest absolute Gasteiger partial charge is 0.258 e. The first-order valence-electron chi connectivity index (χ1n) is 9.40. The van der Waals surface area contributed by atoms with Gasteiger partial charge in [-0.05, 0) is 53.6 Å². The molecule has 0 radical (unpaired) electrons. The Morgan fingerprint density at radius 3 is 2.16 bits per heavy atom. The number of hydrogen-bond donors (Lipinski definition) is 2. The van der Waals surface area contributed by atoms with Gasteiger partial charge in [0.2, 0.25) is 5.96 Å². The monoisotopic (exact) mass is 467 g/mol. The minimum atomic E-state index is -0.404. The van der Waals surface area contributed by atoms with Crippen LogP contribution in [0.3, 0.4) is 0 Å². The molecule has 0 saturated heterocycles. The van der Waals surface area contributed by atoms with Gasteiger partial charge in [-0.1, -0.05) is 53.5 Å². The highest BCUT2D eigenvalue weighted by Crippen LogP contribution is 2.12. The normalized spacial score (nSPS) is 11.7. The molecule has 0 aliphatic carbocycles. The fraction of sp³-hybridized carbons (Fsp3) is 0.0435. The largest absolute Gasteiger partial charge is 0.497 e. The highest BCUT2D eigenvalue weighted by atomic mass is 35.5. The Balaban J connectivity index is 1.76. The van der Waals surface area contributed by atoms with Crippen LogP contribution in [0.1, 0.15) is 21.5 Å². The van der Waals surface area contributed by atoms with Crippen LogP contribution in [-0.2, 0) is 0 Å². The van der Waals surface area contributed by atoms with Crippen LogP contribution < -0.4 is 15.5 Å². The van der Waals surface area contributed by atoms with E-state index in [9.17, 15) is 4.79 Å². The third kappa shape index (κ3) is 7.23. The van der Waals surface area contributed by atoms with E-state index in [1.807, 2.05) is 0 Å². The Labute approximate surface area is 195 Å². The van der Waals surface area contributed by atoms with E-state index in [0.717, 1.165) is 11.1 Å². The lowest BCUT2D eigenvalue weighted by atomic mass is 10.2. The van der Waals surface area contributed by atoms with Crippen LogP contribution in [0.25, 0.3) is 0 Å². The van der Waals surface area contributed by atoms with Gasteiger partial charge in [0.1, 0.15) is 5.75 Å². The van der Waals surface area contributed by atoms with Gasteiger partial charge < -0.3 is 4.74 Å². The molecule has 3 rings (SSSR count). The molecule has 0 aromatic heterocycles. The molecule has 0 bridgehead atoms. The molecule has 0 atom stereocenters. The maximum absolute atomic E-state index is 12.6. The summed E-state index contributed by atoms with van der Waals surface area (Å²) in [6.45, 7) is 0. The van der Waals surface area contributed by atoms with Crippen LogP contribution in [0.5, 0.6) is 5.75 Å². The summed E-state index contributed by atoms with van der Waals surface area (Å²) in [6, 6.07) is 20.9. The molecular formula is C23H19Cl2N5O2. The number of hydrazone groups is 1. The van der Waals surface area contributed by atoms with Crippen molar-refractivity contribution >= 4 is 47.5 Å². The molecular weight excluding hydrogens is 449 g/mol. The fourth-order valence-electron chi connectivity index (χ4n) is 2.44. The zero-order valence-corrected chi connectivity index (χ0v) is 18.5. The van der Waals surface area contributed by atoms with Gasteiger partial charge in [-0.15, -0.1) is 5.10 Å². The molecule has 3 aromatic rings. The standard InChI is InChI=1S/C23H19Cl2N5O2/c1-32-21-4-2-3-18(13-21)22(31)28-23(29-26-14-16-5-9-19(24)10-6-16)30-27-15-17-7-11-20(25)12-8-17/h2-15H,1H3,(H2,28,29,30,31). The first kappa shape index (κ1) is 23.0. The number of halogens is 2. The minimum absolute atomic E-state index is 0.0354. The van der Waals surface area contributed by atoms with Crippen molar-refractivity contribution < 1.29 is 9.53 Å². The summed E-state index contributed by atoms with van der Waals surface area (Å²) < 4.78 is 5.16. The average molecular weight is 468 g/mol. The van der Waals surface area contributed by atoms with Gasteiger partial charge in [-0.3, -0.25) is 10.1 Å². The van der Waals surface area contributed by atoms with E-state index in [-0.39, 0.29) is 5.96 Å². The first-order chi connectivity index (χ1) is 15.5. The van der Waals surface area contributed by atoms with Crippen molar-refractivity contribution in [2.24, 2.45) is 15.3 Å². The lowest BCUT2D eigenvalue weighted by Gasteiger charge is -2.08. The number of methoxy groups -OCH3 is 1. The average Bonchev–Trinajstić information content (AvgIpc) is 2.81. The highest BCUT2D eigenvalue weighted by Gasteiger charge is 2.09. The maximum atomic E-state index is 12.6. The summed E-state index contributed by atoms with van der Waals surface area (Å²) in [5, 5.41) is 16.1. The molecule has 0 heterocycles. The summed E-state index contributed by atoms with van der Waals surface area (Å²) in [5.74, 6) is 0.192. The number of nitrogens with one attached hydrogen (secondary N) is 2. The van der Waals surface area contributed by atoms with Crippen LogP contribution >= 0.6 is 23.2 Å². The summed E-state index contributed by atoms with van der Waals surface area (Å²) in [5.41, 5.74) is 4.69. The summed E-state index contributed by atoms with van der Waals surface area (Å²) in [7, 11) is 1.53. The molecule has 32 heavy (non-hydrogen) atoms. The van der Waals surface area contributed by atoms with Gasteiger partial charge in [0, 0.05) is 15.6 Å². The molecule has 0 spiro atoms. The summed E-state index contributed by atoms with van der Waals surface area (Å²) >= 11 is 11.8. The highest BCUT2D eigenvalue weighted by molar-refractivity contribution is 6.30. The van der Waals surface area contributed by atoms with E-state index in [4.69, 9.17) is 27.9 Å². The van der Waals surface area contributed by atoms with E-state index in [0.29, 0.717) is 21.4 Å². The van der Waals surface area contributed by atoms with Crippen LogP contribution in [0.4, 0.5) is 0 Å². The van der Waals surface area contributed by atoms with Crippen molar-refractivity contribution in [1.29, 1.82) is 0 Å². The Kier molecular flexibility index (Phi) is 8.36. The molecule has 3 aromatic carbocycles. The molecule has 0 fully saturated rings.